The minimum Gasteiger partial charge on any atom is -0.449 e. The van der Waals surface area contributed by atoms with Gasteiger partial charge in [0.25, 0.3) is 5.91 Å². The second-order valence-electron chi connectivity index (χ2n) is 8.47. The van der Waals surface area contributed by atoms with Crippen LogP contribution in [0.25, 0.3) is 0 Å². The molecule has 2 heterocycles. The quantitative estimate of drug-likeness (QED) is 0.431. The molecular formula is C25H27ClN4O6S. The molecule has 0 radical (unpaired) electrons. The largest absolute Gasteiger partial charge is 0.449 e. The van der Waals surface area contributed by atoms with Crippen LogP contribution < -0.4 is 5.32 Å². The lowest BCUT2D eigenvalue weighted by Crippen LogP contribution is -2.40. The van der Waals surface area contributed by atoms with Crippen molar-refractivity contribution in [3.63, 3.8) is 0 Å². The predicted octanol–water partition coefficient (Wildman–Crippen LogP) is 3.10. The Morgan fingerprint density at radius 1 is 1.11 bits per heavy atom. The summed E-state index contributed by atoms with van der Waals surface area (Å²) >= 11 is 6.41. The summed E-state index contributed by atoms with van der Waals surface area (Å²) in [6.45, 7) is 4.73. The summed E-state index contributed by atoms with van der Waals surface area (Å²) in [5.74, 6) is -1.35. The number of halogens is 1. The van der Waals surface area contributed by atoms with Crippen LogP contribution in [0.4, 0.5) is 5.69 Å². The summed E-state index contributed by atoms with van der Waals surface area (Å²) in [6, 6.07) is 15.3. The molecule has 1 atom stereocenters. The summed E-state index contributed by atoms with van der Waals surface area (Å²) in [6.07, 6.45) is -1.14. The van der Waals surface area contributed by atoms with Crippen LogP contribution in [0.15, 0.2) is 59.5 Å². The van der Waals surface area contributed by atoms with E-state index in [4.69, 9.17) is 21.1 Å². The van der Waals surface area contributed by atoms with Crippen LogP contribution in [0.5, 0.6) is 0 Å². The Kier molecular flexibility index (Phi) is 8.28. The van der Waals surface area contributed by atoms with Gasteiger partial charge in [-0.1, -0.05) is 41.9 Å². The van der Waals surface area contributed by atoms with Crippen LogP contribution in [-0.2, 0) is 30.8 Å². The third-order valence-corrected chi connectivity index (χ3v) is 8.12. The number of sulfonamides is 1. The number of carbonyl (C=O) groups is 2. The summed E-state index contributed by atoms with van der Waals surface area (Å²) in [5, 5.41) is 7.08. The maximum atomic E-state index is 12.8. The summed E-state index contributed by atoms with van der Waals surface area (Å²) in [7, 11) is -3.65. The van der Waals surface area contributed by atoms with Gasteiger partial charge in [0.15, 0.2) is 6.10 Å². The number of hydrogen-bond donors (Lipinski definition) is 1. The first-order valence-corrected chi connectivity index (χ1v) is 13.4. The molecule has 3 aromatic rings. The molecule has 2 aromatic carbocycles. The zero-order valence-electron chi connectivity index (χ0n) is 20.4. The van der Waals surface area contributed by atoms with Gasteiger partial charge in [0, 0.05) is 18.8 Å². The molecule has 12 heteroatoms. The van der Waals surface area contributed by atoms with E-state index in [9.17, 15) is 18.0 Å². The second kappa shape index (κ2) is 11.4. The number of esters is 1. The first-order valence-electron chi connectivity index (χ1n) is 11.6. The third kappa shape index (κ3) is 6.19. The highest BCUT2D eigenvalue weighted by Gasteiger charge is 2.27. The number of ether oxygens (including phenoxy) is 2. The van der Waals surface area contributed by atoms with Crippen molar-refractivity contribution < 1.29 is 27.5 Å². The average molecular weight is 547 g/mol. The average Bonchev–Trinajstić information content (AvgIpc) is 3.17. The number of amides is 1. The van der Waals surface area contributed by atoms with E-state index >= 15 is 0 Å². The number of nitrogens with one attached hydrogen (secondary N) is 1. The van der Waals surface area contributed by atoms with Crippen molar-refractivity contribution in [2.45, 2.75) is 31.4 Å². The van der Waals surface area contributed by atoms with Gasteiger partial charge in [0.2, 0.25) is 10.0 Å². The number of carbonyl (C=O) groups excluding carboxylic acids is 2. The van der Waals surface area contributed by atoms with Crippen LogP contribution in [0.3, 0.4) is 0 Å². The van der Waals surface area contributed by atoms with Gasteiger partial charge in [0.1, 0.15) is 10.7 Å². The zero-order valence-corrected chi connectivity index (χ0v) is 22.0. The minimum absolute atomic E-state index is 0.0925. The Hall–Kier alpha value is -3.25. The van der Waals surface area contributed by atoms with Crippen LogP contribution in [0.2, 0.25) is 5.15 Å². The lowest BCUT2D eigenvalue weighted by Gasteiger charge is -2.26. The lowest BCUT2D eigenvalue weighted by molar-refractivity contribution is -0.123. The lowest BCUT2D eigenvalue weighted by atomic mass is 10.2. The van der Waals surface area contributed by atoms with E-state index in [0.717, 1.165) is 5.56 Å². The molecule has 1 amide bonds. The van der Waals surface area contributed by atoms with Gasteiger partial charge in [-0.25, -0.2) is 17.9 Å². The van der Waals surface area contributed by atoms with Crippen molar-refractivity contribution in [2.24, 2.45) is 0 Å². The van der Waals surface area contributed by atoms with Crippen LogP contribution in [0, 0.1) is 6.92 Å². The number of nitrogens with zero attached hydrogens (tertiary/aromatic N) is 3. The van der Waals surface area contributed by atoms with Gasteiger partial charge in [0.05, 0.1) is 30.3 Å². The van der Waals surface area contributed by atoms with E-state index in [0.29, 0.717) is 44.2 Å². The minimum atomic E-state index is -3.65. The van der Waals surface area contributed by atoms with Crippen molar-refractivity contribution in [3.8, 4) is 0 Å². The molecule has 0 saturated carbocycles. The van der Waals surface area contributed by atoms with Crippen LogP contribution in [-0.4, -0.2) is 66.8 Å². The number of aryl methyl sites for hydroxylation is 1. The van der Waals surface area contributed by atoms with Crippen molar-refractivity contribution >= 4 is 39.2 Å². The third-order valence-electron chi connectivity index (χ3n) is 5.83. The predicted molar refractivity (Wildman–Crippen MR) is 137 cm³/mol. The highest BCUT2D eigenvalue weighted by Crippen LogP contribution is 2.23. The molecule has 37 heavy (non-hydrogen) atoms. The molecule has 10 nitrogen and oxygen atoms in total. The number of anilines is 1. The van der Waals surface area contributed by atoms with E-state index in [-0.39, 0.29) is 15.6 Å². The number of hydrogen-bond acceptors (Lipinski definition) is 7. The normalized spacial score (nSPS) is 15.2. The Balaban J connectivity index is 1.38. The van der Waals surface area contributed by atoms with Gasteiger partial charge >= 0.3 is 5.97 Å². The maximum Gasteiger partial charge on any atom is 0.343 e. The Labute approximate surface area is 220 Å². The standard InChI is InChI=1S/C25H27ClN4O6S/c1-17-22(23(26)30(28-17)16-19-6-4-3-5-7-19)25(32)36-18(2)24(31)27-20-8-10-21(11-9-20)37(33,34)29-12-14-35-15-13-29/h3-11,18H,12-16H2,1-2H3,(H,27,31)/t18-/m1/s1. The number of benzene rings is 2. The van der Waals surface area contributed by atoms with Gasteiger partial charge in [-0.05, 0) is 43.7 Å². The molecule has 1 fully saturated rings. The van der Waals surface area contributed by atoms with E-state index in [1.165, 1.54) is 40.2 Å². The summed E-state index contributed by atoms with van der Waals surface area (Å²) in [5.41, 5.74) is 1.80. The molecule has 1 aliphatic rings. The van der Waals surface area contributed by atoms with E-state index < -0.39 is 28.0 Å². The summed E-state index contributed by atoms with van der Waals surface area (Å²) < 4.78 is 38.9. The van der Waals surface area contributed by atoms with E-state index in [1.54, 1.807) is 6.92 Å². The number of aromatic nitrogens is 2. The molecule has 196 valence electrons. The fourth-order valence-electron chi connectivity index (χ4n) is 3.81. The smallest absolute Gasteiger partial charge is 0.343 e. The van der Waals surface area contributed by atoms with E-state index in [2.05, 4.69) is 10.4 Å². The first kappa shape index (κ1) is 26.8. The Bertz CT molecular complexity index is 1370. The molecule has 4 rings (SSSR count). The van der Waals surface area contributed by atoms with Gasteiger partial charge in [-0.15, -0.1) is 0 Å². The van der Waals surface area contributed by atoms with E-state index in [1.807, 2.05) is 30.3 Å². The fraction of sp³-hybridized carbons (Fsp3) is 0.320. The topological polar surface area (TPSA) is 120 Å². The number of morpholine rings is 1. The Morgan fingerprint density at radius 3 is 2.41 bits per heavy atom. The van der Waals surface area contributed by atoms with Crippen molar-refractivity contribution in [1.29, 1.82) is 0 Å². The van der Waals surface area contributed by atoms with Crippen molar-refractivity contribution in [2.75, 3.05) is 31.6 Å². The Morgan fingerprint density at radius 2 is 1.76 bits per heavy atom. The first-order chi connectivity index (χ1) is 17.7. The molecule has 0 unspecified atom stereocenters. The molecule has 1 saturated heterocycles. The SMILES string of the molecule is Cc1nn(Cc2ccccc2)c(Cl)c1C(=O)O[C@H](C)C(=O)Nc1ccc(S(=O)(=O)N2CCOCC2)cc1. The fourth-order valence-corrected chi connectivity index (χ4v) is 5.53. The monoisotopic (exact) mass is 546 g/mol. The second-order valence-corrected chi connectivity index (χ2v) is 10.8. The molecule has 1 aromatic heterocycles. The highest BCUT2D eigenvalue weighted by atomic mass is 35.5. The van der Waals surface area contributed by atoms with Gasteiger partial charge < -0.3 is 14.8 Å². The van der Waals surface area contributed by atoms with Crippen molar-refractivity contribution in [3.05, 3.63) is 76.6 Å². The molecular weight excluding hydrogens is 520 g/mol. The highest BCUT2D eigenvalue weighted by molar-refractivity contribution is 7.89. The number of rotatable bonds is 8. The molecule has 1 aliphatic heterocycles. The van der Waals surface area contributed by atoms with Crippen LogP contribution >= 0.6 is 11.6 Å². The van der Waals surface area contributed by atoms with Crippen LogP contribution in [0.1, 0.15) is 28.5 Å². The molecule has 0 bridgehead atoms. The zero-order chi connectivity index (χ0) is 26.6. The van der Waals surface area contributed by atoms with Gasteiger partial charge in [-0.3, -0.25) is 4.79 Å². The van der Waals surface area contributed by atoms with Crippen molar-refractivity contribution in [1.82, 2.24) is 14.1 Å². The maximum absolute atomic E-state index is 12.8. The molecule has 0 spiro atoms. The molecule has 0 aliphatic carbocycles. The summed E-state index contributed by atoms with van der Waals surface area (Å²) in [4.78, 5) is 25.6. The van der Waals surface area contributed by atoms with Gasteiger partial charge in [-0.2, -0.15) is 9.40 Å². The molecule has 1 N–H and O–H groups in total.